The number of nitrogens with one attached hydrogen (secondary N) is 1. The number of thiazole rings is 1. The standard InChI is InChI=1S/C27H27N3O7S2/c1-5-37-25(31)16-30-21-14-22(35-3)23(36-4)15-24(21)38-27(30)28-26(32)19-8-6-7-9-20(19)29-39(33,34)18-12-10-17(2)11-13-18/h6-15,29H,5,16H2,1-4H3. The molecule has 3 aromatic carbocycles. The van der Waals surface area contributed by atoms with Gasteiger partial charge in [0.2, 0.25) is 0 Å². The number of hydrogen-bond acceptors (Lipinski definition) is 8. The third-order valence-corrected chi connectivity index (χ3v) is 8.13. The Morgan fingerprint density at radius 1 is 1.00 bits per heavy atom. The summed E-state index contributed by atoms with van der Waals surface area (Å²) in [5, 5.41) is 0. The molecule has 0 radical (unpaired) electrons. The van der Waals surface area contributed by atoms with Crippen LogP contribution in [0.4, 0.5) is 5.69 Å². The number of nitrogens with zero attached hydrogens (tertiary/aromatic N) is 2. The number of methoxy groups -OCH3 is 2. The smallest absolute Gasteiger partial charge is 0.326 e. The summed E-state index contributed by atoms with van der Waals surface area (Å²) in [6, 6.07) is 16.0. The van der Waals surface area contributed by atoms with Crippen LogP contribution in [0.15, 0.2) is 70.6 Å². The van der Waals surface area contributed by atoms with E-state index in [9.17, 15) is 18.0 Å². The molecule has 10 nitrogen and oxygen atoms in total. The van der Waals surface area contributed by atoms with Crippen molar-refractivity contribution < 1.29 is 32.2 Å². The summed E-state index contributed by atoms with van der Waals surface area (Å²) in [6.45, 7) is 3.55. The quantitative estimate of drug-likeness (QED) is 0.301. The lowest BCUT2D eigenvalue weighted by molar-refractivity contribution is -0.143. The normalized spacial score (nSPS) is 11.8. The molecule has 0 atom stereocenters. The Bertz CT molecular complexity index is 1710. The first-order valence-electron chi connectivity index (χ1n) is 11.9. The van der Waals surface area contributed by atoms with Crippen LogP contribution in [0.1, 0.15) is 22.8 Å². The molecule has 0 saturated heterocycles. The summed E-state index contributed by atoms with van der Waals surface area (Å²) in [5.74, 6) is -0.287. The fourth-order valence-electron chi connectivity index (χ4n) is 3.80. The Kier molecular flexibility index (Phi) is 8.36. The molecule has 0 spiro atoms. The van der Waals surface area contributed by atoms with Crippen LogP contribution in [0.3, 0.4) is 0 Å². The molecule has 0 aliphatic rings. The highest BCUT2D eigenvalue weighted by Crippen LogP contribution is 2.33. The lowest BCUT2D eigenvalue weighted by Gasteiger charge is -2.11. The third kappa shape index (κ3) is 6.13. The molecule has 0 unspecified atom stereocenters. The van der Waals surface area contributed by atoms with Gasteiger partial charge >= 0.3 is 5.97 Å². The number of carbonyl (C=O) groups excluding carboxylic acids is 2. The molecule has 1 amide bonds. The highest BCUT2D eigenvalue weighted by Gasteiger charge is 2.20. The fourth-order valence-corrected chi connectivity index (χ4v) is 5.92. The SMILES string of the molecule is CCOC(=O)Cn1c(=NC(=O)c2ccccc2NS(=O)(=O)c2ccc(C)cc2)sc2cc(OC)c(OC)cc21. The maximum absolute atomic E-state index is 13.4. The van der Waals surface area contributed by atoms with Crippen molar-refractivity contribution in [3.8, 4) is 11.5 Å². The molecule has 12 heteroatoms. The average molecular weight is 570 g/mol. The van der Waals surface area contributed by atoms with Crippen molar-refractivity contribution in [2.75, 3.05) is 25.5 Å². The van der Waals surface area contributed by atoms with Gasteiger partial charge in [0, 0.05) is 12.1 Å². The predicted molar refractivity (Wildman–Crippen MR) is 148 cm³/mol. The minimum atomic E-state index is -3.96. The molecule has 204 valence electrons. The molecular weight excluding hydrogens is 542 g/mol. The lowest BCUT2D eigenvalue weighted by atomic mass is 10.2. The summed E-state index contributed by atoms with van der Waals surface area (Å²) >= 11 is 1.17. The van der Waals surface area contributed by atoms with E-state index in [-0.39, 0.29) is 34.1 Å². The van der Waals surface area contributed by atoms with Gasteiger partial charge in [-0.1, -0.05) is 41.2 Å². The first kappa shape index (κ1) is 27.9. The first-order valence-corrected chi connectivity index (χ1v) is 14.2. The van der Waals surface area contributed by atoms with Crippen molar-refractivity contribution >= 4 is 49.1 Å². The molecule has 1 N–H and O–H groups in total. The molecule has 4 aromatic rings. The number of benzene rings is 3. The van der Waals surface area contributed by atoms with Gasteiger partial charge in [-0.05, 0) is 38.1 Å². The Labute approximate surface area is 229 Å². The number of rotatable bonds is 9. The minimum absolute atomic E-state index is 0.0449. The first-order chi connectivity index (χ1) is 18.7. The van der Waals surface area contributed by atoms with Gasteiger partial charge in [-0.2, -0.15) is 4.99 Å². The van der Waals surface area contributed by atoms with Gasteiger partial charge in [-0.3, -0.25) is 14.3 Å². The van der Waals surface area contributed by atoms with Crippen molar-refractivity contribution in [2.24, 2.45) is 4.99 Å². The van der Waals surface area contributed by atoms with Crippen molar-refractivity contribution in [1.82, 2.24) is 4.57 Å². The molecule has 0 saturated carbocycles. The van der Waals surface area contributed by atoms with Gasteiger partial charge in [0.15, 0.2) is 16.3 Å². The van der Waals surface area contributed by atoms with Crippen LogP contribution in [0.5, 0.6) is 11.5 Å². The van der Waals surface area contributed by atoms with Crippen LogP contribution < -0.4 is 19.0 Å². The Morgan fingerprint density at radius 3 is 2.33 bits per heavy atom. The van der Waals surface area contributed by atoms with Gasteiger partial charge in [0.1, 0.15) is 6.54 Å². The van der Waals surface area contributed by atoms with Gasteiger partial charge in [0.25, 0.3) is 15.9 Å². The zero-order chi connectivity index (χ0) is 28.2. The highest BCUT2D eigenvalue weighted by atomic mass is 32.2. The van der Waals surface area contributed by atoms with Crippen LogP contribution >= 0.6 is 11.3 Å². The minimum Gasteiger partial charge on any atom is -0.493 e. The van der Waals surface area contributed by atoms with E-state index < -0.39 is 21.9 Å². The summed E-state index contributed by atoms with van der Waals surface area (Å²) in [5.41, 5.74) is 1.63. The molecule has 0 aliphatic carbocycles. The van der Waals surface area contributed by atoms with E-state index in [1.165, 1.54) is 49.8 Å². The Morgan fingerprint density at radius 2 is 1.67 bits per heavy atom. The number of carbonyl (C=O) groups is 2. The van der Waals surface area contributed by atoms with Crippen molar-refractivity contribution in [2.45, 2.75) is 25.3 Å². The van der Waals surface area contributed by atoms with Crippen molar-refractivity contribution in [3.05, 3.63) is 76.6 Å². The average Bonchev–Trinajstić information content (AvgIpc) is 3.23. The van der Waals surface area contributed by atoms with E-state index in [2.05, 4.69) is 9.71 Å². The summed E-state index contributed by atoms with van der Waals surface area (Å²) in [6.07, 6.45) is 0. The number of aryl methyl sites for hydroxylation is 1. The number of amides is 1. The summed E-state index contributed by atoms with van der Waals surface area (Å²) < 4.78 is 46.6. The molecule has 0 bridgehead atoms. The van der Waals surface area contributed by atoms with Crippen LogP contribution in [-0.4, -0.2) is 45.7 Å². The van der Waals surface area contributed by atoms with E-state index in [1.54, 1.807) is 47.9 Å². The number of ether oxygens (including phenoxy) is 3. The molecular formula is C27H27N3O7S2. The number of sulfonamides is 1. The predicted octanol–water partition coefficient (Wildman–Crippen LogP) is 4.13. The largest absolute Gasteiger partial charge is 0.493 e. The zero-order valence-electron chi connectivity index (χ0n) is 21.8. The van der Waals surface area contributed by atoms with Crippen LogP contribution in [-0.2, 0) is 26.1 Å². The highest BCUT2D eigenvalue weighted by molar-refractivity contribution is 7.92. The fraction of sp³-hybridized carbons (Fsp3) is 0.222. The summed E-state index contributed by atoms with van der Waals surface area (Å²) in [4.78, 5) is 30.4. The van der Waals surface area contributed by atoms with E-state index in [1.807, 2.05) is 6.92 Å². The van der Waals surface area contributed by atoms with Crippen LogP contribution in [0.25, 0.3) is 10.2 Å². The molecule has 1 heterocycles. The van der Waals surface area contributed by atoms with Gasteiger partial charge < -0.3 is 18.8 Å². The Hall–Kier alpha value is -4.16. The number of hydrogen-bond donors (Lipinski definition) is 1. The maximum Gasteiger partial charge on any atom is 0.326 e. The van der Waals surface area contributed by atoms with E-state index in [0.717, 1.165) is 5.56 Å². The number of esters is 1. The van der Waals surface area contributed by atoms with Gasteiger partial charge in [0.05, 0.1) is 47.2 Å². The number of anilines is 1. The van der Waals surface area contributed by atoms with Crippen molar-refractivity contribution in [1.29, 1.82) is 0 Å². The Balaban J connectivity index is 1.80. The summed E-state index contributed by atoms with van der Waals surface area (Å²) in [7, 11) is -0.958. The molecule has 0 fully saturated rings. The molecule has 0 aliphatic heterocycles. The van der Waals surface area contributed by atoms with Gasteiger partial charge in [-0.15, -0.1) is 0 Å². The molecule has 39 heavy (non-hydrogen) atoms. The topological polar surface area (TPSA) is 125 Å². The monoisotopic (exact) mass is 569 g/mol. The van der Waals surface area contributed by atoms with Crippen LogP contribution in [0, 0.1) is 6.92 Å². The number of fused-ring (bicyclic) bond motifs is 1. The molecule has 1 aromatic heterocycles. The maximum atomic E-state index is 13.4. The van der Waals surface area contributed by atoms with E-state index in [4.69, 9.17) is 14.2 Å². The van der Waals surface area contributed by atoms with Gasteiger partial charge in [-0.25, -0.2) is 8.42 Å². The second kappa shape index (κ2) is 11.7. The zero-order valence-corrected chi connectivity index (χ0v) is 23.4. The van der Waals surface area contributed by atoms with E-state index >= 15 is 0 Å². The second-order valence-corrected chi connectivity index (χ2v) is 11.0. The van der Waals surface area contributed by atoms with Crippen molar-refractivity contribution in [3.63, 3.8) is 0 Å². The second-order valence-electron chi connectivity index (χ2n) is 8.33. The third-order valence-electron chi connectivity index (χ3n) is 5.71. The lowest BCUT2D eigenvalue weighted by Crippen LogP contribution is -2.23. The molecule has 4 rings (SSSR count). The number of para-hydroxylation sites is 1. The van der Waals surface area contributed by atoms with E-state index in [0.29, 0.717) is 21.7 Å². The number of aromatic nitrogens is 1. The van der Waals surface area contributed by atoms with Crippen LogP contribution in [0.2, 0.25) is 0 Å².